The molecule has 0 atom stereocenters. The Hall–Kier alpha value is -2.86. The molecule has 3 heteroatoms. The van der Waals surface area contributed by atoms with Gasteiger partial charge in [0.05, 0.1) is 11.1 Å². The first-order chi connectivity index (χ1) is 10.8. The summed E-state index contributed by atoms with van der Waals surface area (Å²) >= 11 is 0. The lowest BCUT2D eigenvalue weighted by molar-refractivity contribution is 0.721. The molecule has 0 aliphatic carbocycles. The Morgan fingerprint density at radius 3 is 2.64 bits per heavy atom. The molecule has 2 heterocycles. The first-order valence-corrected chi connectivity index (χ1v) is 7.47. The van der Waals surface area contributed by atoms with Crippen molar-refractivity contribution in [2.75, 3.05) is 11.4 Å². The maximum atomic E-state index is 9.49. The van der Waals surface area contributed by atoms with Crippen molar-refractivity contribution in [1.29, 1.82) is 5.26 Å². The molecule has 0 N–H and O–H groups in total. The van der Waals surface area contributed by atoms with Crippen LogP contribution in [0.3, 0.4) is 0 Å². The summed E-state index contributed by atoms with van der Waals surface area (Å²) in [6, 6.07) is 20.7. The van der Waals surface area contributed by atoms with Crippen molar-refractivity contribution in [2.45, 2.75) is 13.0 Å². The van der Waals surface area contributed by atoms with Gasteiger partial charge in [0, 0.05) is 18.5 Å². The molecule has 22 heavy (non-hydrogen) atoms. The van der Waals surface area contributed by atoms with E-state index in [1.807, 2.05) is 30.3 Å². The number of nitrogens with zero attached hydrogens (tertiary/aromatic N) is 3. The van der Waals surface area contributed by atoms with Crippen LogP contribution < -0.4 is 4.90 Å². The van der Waals surface area contributed by atoms with E-state index >= 15 is 0 Å². The molecule has 1 aromatic heterocycles. The van der Waals surface area contributed by atoms with Crippen LogP contribution >= 0.6 is 0 Å². The SMILES string of the molecule is N#Cc1cc2ccccc2nc1N1CCc2ccccc2C1. The zero-order valence-electron chi connectivity index (χ0n) is 12.2. The summed E-state index contributed by atoms with van der Waals surface area (Å²) < 4.78 is 0. The molecule has 3 nitrogen and oxygen atoms in total. The van der Waals surface area contributed by atoms with Crippen LogP contribution in [0, 0.1) is 11.3 Å². The standard InChI is InChI=1S/C19H15N3/c20-12-17-11-15-6-3-4-8-18(15)21-19(17)22-10-9-14-5-1-2-7-16(14)13-22/h1-8,11H,9-10,13H2. The predicted molar refractivity (Wildman–Crippen MR) is 87.7 cm³/mol. The van der Waals surface area contributed by atoms with Crippen molar-refractivity contribution in [1.82, 2.24) is 4.98 Å². The largest absolute Gasteiger partial charge is 0.351 e. The fraction of sp³-hybridized carbons (Fsp3) is 0.158. The van der Waals surface area contributed by atoms with Gasteiger partial charge in [-0.25, -0.2) is 4.98 Å². The van der Waals surface area contributed by atoms with Crippen molar-refractivity contribution >= 4 is 16.7 Å². The van der Waals surface area contributed by atoms with E-state index in [1.165, 1.54) is 11.1 Å². The highest BCUT2D eigenvalue weighted by Gasteiger charge is 2.20. The van der Waals surface area contributed by atoms with Gasteiger partial charge in [-0.1, -0.05) is 42.5 Å². The zero-order valence-corrected chi connectivity index (χ0v) is 12.2. The van der Waals surface area contributed by atoms with E-state index in [1.54, 1.807) is 0 Å². The number of fused-ring (bicyclic) bond motifs is 2. The second-order valence-electron chi connectivity index (χ2n) is 5.60. The molecule has 0 saturated carbocycles. The highest BCUT2D eigenvalue weighted by molar-refractivity contribution is 5.83. The number of hydrogen-bond donors (Lipinski definition) is 0. The Bertz CT molecular complexity index is 893. The third kappa shape index (κ3) is 2.10. The number of anilines is 1. The Labute approximate surface area is 129 Å². The van der Waals surface area contributed by atoms with Gasteiger partial charge in [0.2, 0.25) is 0 Å². The van der Waals surface area contributed by atoms with Crippen LogP contribution in [0.4, 0.5) is 5.82 Å². The van der Waals surface area contributed by atoms with E-state index in [4.69, 9.17) is 4.98 Å². The van der Waals surface area contributed by atoms with Crippen LogP contribution in [-0.2, 0) is 13.0 Å². The summed E-state index contributed by atoms with van der Waals surface area (Å²) in [5.41, 5.74) is 4.32. The van der Waals surface area contributed by atoms with Gasteiger partial charge in [0.25, 0.3) is 0 Å². The van der Waals surface area contributed by atoms with E-state index in [-0.39, 0.29) is 0 Å². The van der Waals surface area contributed by atoms with Gasteiger partial charge in [0.1, 0.15) is 11.9 Å². The lowest BCUT2D eigenvalue weighted by Crippen LogP contribution is -2.31. The number of benzene rings is 2. The number of aromatic nitrogens is 1. The highest BCUT2D eigenvalue weighted by atomic mass is 15.2. The third-order valence-corrected chi connectivity index (χ3v) is 4.25. The van der Waals surface area contributed by atoms with Gasteiger partial charge in [-0.2, -0.15) is 5.26 Å². The zero-order chi connectivity index (χ0) is 14.9. The highest BCUT2D eigenvalue weighted by Crippen LogP contribution is 2.28. The number of rotatable bonds is 1. The molecule has 0 unspecified atom stereocenters. The molecular weight excluding hydrogens is 270 g/mol. The Morgan fingerprint density at radius 1 is 1.00 bits per heavy atom. The Kier molecular flexibility index (Phi) is 3.01. The van der Waals surface area contributed by atoms with E-state index in [0.29, 0.717) is 5.56 Å². The van der Waals surface area contributed by atoms with Crippen molar-refractivity contribution in [3.05, 3.63) is 71.3 Å². The summed E-state index contributed by atoms with van der Waals surface area (Å²) in [5.74, 6) is 0.802. The van der Waals surface area contributed by atoms with E-state index in [9.17, 15) is 5.26 Å². The lowest BCUT2D eigenvalue weighted by atomic mass is 9.99. The van der Waals surface area contributed by atoms with Gasteiger partial charge in [-0.15, -0.1) is 0 Å². The molecule has 0 fully saturated rings. The quantitative estimate of drug-likeness (QED) is 0.685. The van der Waals surface area contributed by atoms with E-state index in [0.717, 1.165) is 36.2 Å². The molecule has 3 aromatic rings. The normalized spacial score (nSPS) is 13.7. The minimum absolute atomic E-state index is 0.651. The van der Waals surface area contributed by atoms with Gasteiger partial charge < -0.3 is 4.90 Å². The molecule has 0 saturated heterocycles. The van der Waals surface area contributed by atoms with Crippen LogP contribution in [0.5, 0.6) is 0 Å². The fourth-order valence-electron chi connectivity index (χ4n) is 3.11. The Balaban J connectivity index is 1.80. The minimum Gasteiger partial charge on any atom is -0.351 e. The molecular formula is C19H15N3. The van der Waals surface area contributed by atoms with E-state index < -0.39 is 0 Å². The van der Waals surface area contributed by atoms with Crippen LogP contribution in [0.25, 0.3) is 10.9 Å². The van der Waals surface area contributed by atoms with Crippen molar-refractivity contribution < 1.29 is 0 Å². The predicted octanol–water partition coefficient (Wildman–Crippen LogP) is 3.67. The van der Waals surface area contributed by atoms with Gasteiger partial charge in [-0.05, 0) is 29.7 Å². The Morgan fingerprint density at radius 2 is 1.77 bits per heavy atom. The molecule has 1 aliphatic heterocycles. The average molecular weight is 285 g/mol. The van der Waals surface area contributed by atoms with Crippen LogP contribution in [0.1, 0.15) is 16.7 Å². The summed E-state index contributed by atoms with van der Waals surface area (Å²) in [6.45, 7) is 1.72. The summed E-state index contributed by atoms with van der Waals surface area (Å²) in [4.78, 5) is 6.96. The molecule has 0 bridgehead atoms. The van der Waals surface area contributed by atoms with Gasteiger partial charge in [-0.3, -0.25) is 0 Å². The number of para-hydroxylation sites is 1. The third-order valence-electron chi connectivity index (χ3n) is 4.25. The average Bonchev–Trinajstić information content (AvgIpc) is 2.60. The molecule has 1 aliphatic rings. The summed E-state index contributed by atoms with van der Waals surface area (Å²) in [7, 11) is 0. The van der Waals surface area contributed by atoms with Crippen LogP contribution in [-0.4, -0.2) is 11.5 Å². The first-order valence-electron chi connectivity index (χ1n) is 7.47. The smallest absolute Gasteiger partial charge is 0.147 e. The summed E-state index contributed by atoms with van der Waals surface area (Å²) in [5, 5.41) is 10.5. The maximum absolute atomic E-state index is 9.49. The van der Waals surface area contributed by atoms with Crippen LogP contribution in [0.2, 0.25) is 0 Å². The topological polar surface area (TPSA) is 39.9 Å². The maximum Gasteiger partial charge on any atom is 0.147 e. The van der Waals surface area contributed by atoms with Crippen molar-refractivity contribution in [3.8, 4) is 6.07 Å². The van der Waals surface area contributed by atoms with Crippen molar-refractivity contribution in [2.24, 2.45) is 0 Å². The molecule has 106 valence electrons. The second kappa shape index (κ2) is 5.16. The monoisotopic (exact) mass is 285 g/mol. The molecule has 2 aromatic carbocycles. The fourth-order valence-corrected chi connectivity index (χ4v) is 3.11. The summed E-state index contributed by atoms with van der Waals surface area (Å²) in [6.07, 6.45) is 0.996. The van der Waals surface area contributed by atoms with Crippen LogP contribution in [0.15, 0.2) is 54.6 Å². The first kappa shape index (κ1) is 12.8. The molecule has 0 radical (unpaired) electrons. The van der Waals surface area contributed by atoms with Gasteiger partial charge >= 0.3 is 0 Å². The number of pyridine rings is 1. The molecule has 0 amide bonds. The number of hydrogen-bond acceptors (Lipinski definition) is 3. The van der Waals surface area contributed by atoms with E-state index in [2.05, 4.69) is 35.2 Å². The van der Waals surface area contributed by atoms with Gasteiger partial charge in [0.15, 0.2) is 0 Å². The van der Waals surface area contributed by atoms with Crippen molar-refractivity contribution in [3.63, 3.8) is 0 Å². The minimum atomic E-state index is 0.651. The lowest BCUT2D eigenvalue weighted by Gasteiger charge is -2.30. The number of nitriles is 1. The molecule has 0 spiro atoms. The second-order valence-corrected chi connectivity index (χ2v) is 5.60. The molecule has 4 rings (SSSR count).